The fourth-order valence-corrected chi connectivity index (χ4v) is 1.87. The van der Waals surface area contributed by atoms with E-state index < -0.39 is 0 Å². The van der Waals surface area contributed by atoms with Crippen molar-refractivity contribution in [1.29, 1.82) is 0 Å². The summed E-state index contributed by atoms with van der Waals surface area (Å²) in [7, 11) is 1.99. The van der Waals surface area contributed by atoms with Gasteiger partial charge >= 0.3 is 0 Å². The first-order valence-corrected chi connectivity index (χ1v) is 5.68. The molecule has 0 amide bonds. The minimum atomic E-state index is 0.696. The predicted octanol–water partition coefficient (Wildman–Crippen LogP) is 1.37. The molecule has 1 unspecified atom stereocenters. The fourth-order valence-electron chi connectivity index (χ4n) is 1.87. The zero-order valence-corrected chi connectivity index (χ0v) is 9.98. The normalized spacial score (nSPS) is 13.4. The van der Waals surface area contributed by atoms with Crippen LogP contribution in [0.25, 0.3) is 0 Å². The van der Waals surface area contributed by atoms with Crippen molar-refractivity contribution in [2.45, 2.75) is 33.1 Å². The summed E-state index contributed by atoms with van der Waals surface area (Å²) in [6.07, 6.45) is 5.01. The van der Waals surface area contributed by atoms with Crippen molar-refractivity contribution in [2.24, 2.45) is 24.6 Å². The van der Waals surface area contributed by atoms with Crippen LogP contribution in [0.15, 0.2) is 6.33 Å². The highest BCUT2D eigenvalue weighted by Gasteiger charge is 2.13. The summed E-state index contributed by atoms with van der Waals surface area (Å²) in [5.41, 5.74) is 5.61. The topological polar surface area (TPSA) is 56.7 Å². The van der Waals surface area contributed by atoms with Crippen molar-refractivity contribution < 1.29 is 0 Å². The number of hydrogen-bond donors (Lipinski definition) is 1. The molecular weight excluding hydrogens is 188 g/mol. The van der Waals surface area contributed by atoms with Gasteiger partial charge in [-0.1, -0.05) is 13.8 Å². The molecule has 0 saturated carbocycles. The van der Waals surface area contributed by atoms with Crippen LogP contribution in [-0.2, 0) is 13.5 Å². The van der Waals surface area contributed by atoms with E-state index in [4.69, 9.17) is 5.73 Å². The lowest BCUT2D eigenvalue weighted by molar-refractivity contribution is 0.338. The van der Waals surface area contributed by atoms with Gasteiger partial charge in [0.15, 0.2) is 0 Å². The maximum Gasteiger partial charge on any atom is 0.132 e. The van der Waals surface area contributed by atoms with Crippen LogP contribution in [0.1, 0.15) is 32.5 Å². The highest BCUT2D eigenvalue weighted by molar-refractivity contribution is 4.85. The summed E-state index contributed by atoms with van der Waals surface area (Å²) >= 11 is 0. The van der Waals surface area contributed by atoms with Crippen LogP contribution in [0.2, 0.25) is 0 Å². The van der Waals surface area contributed by atoms with Crippen molar-refractivity contribution in [3.63, 3.8) is 0 Å². The molecule has 0 bridgehead atoms. The lowest BCUT2D eigenvalue weighted by Crippen LogP contribution is -2.16. The SMILES string of the molecule is CC(C)C(CCN)CCc1nncn1C. The number of hydrogen-bond acceptors (Lipinski definition) is 3. The van der Waals surface area contributed by atoms with Gasteiger partial charge in [-0.2, -0.15) is 0 Å². The van der Waals surface area contributed by atoms with Gasteiger partial charge in [0, 0.05) is 13.5 Å². The minimum Gasteiger partial charge on any atom is -0.330 e. The molecule has 1 heterocycles. The molecule has 0 aliphatic carbocycles. The molecule has 0 aromatic carbocycles. The maximum absolute atomic E-state index is 5.61. The lowest BCUT2D eigenvalue weighted by Gasteiger charge is -2.19. The van der Waals surface area contributed by atoms with Gasteiger partial charge in [0.25, 0.3) is 0 Å². The first-order valence-electron chi connectivity index (χ1n) is 5.68. The molecule has 0 aliphatic heterocycles. The van der Waals surface area contributed by atoms with E-state index in [2.05, 4.69) is 24.0 Å². The second-order valence-corrected chi connectivity index (χ2v) is 4.48. The summed E-state index contributed by atoms with van der Waals surface area (Å²) in [6.45, 7) is 5.30. The van der Waals surface area contributed by atoms with Crippen LogP contribution < -0.4 is 5.73 Å². The standard InChI is InChI=1S/C11H22N4/c1-9(2)10(6-7-12)4-5-11-14-13-8-15(11)3/h8-10H,4-7,12H2,1-3H3. The van der Waals surface area contributed by atoms with Crippen molar-refractivity contribution in [1.82, 2.24) is 14.8 Å². The first kappa shape index (κ1) is 12.2. The summed E-state index contributed by atoms with van der Waals surface area (Å²) in [6, 6.07) is 0. The number of nitrogens with two attached hydrogens (primary N) is 1. The Morgan fingerprint density at radius 2 is 2.13 bits per heavy atom. The number of aromatic nitrogens is 3. The second kappa shape index (κ2) is 5.85. The molecular formula is C11H22N4. The Morgan fingerprint density at radius 3 is 2.60 bits per heavy atom. The van der Waals surface area contributed by atoms with Gasteiger partial charge in [0.1, 0.15) is 12.2 Å². The Kier molecular flexibility index (Phi) is 4.75. The monoisotopic (exact) mass is 210 g/mol. The quantitative estimate of drug-likeness (QED) is 0.771. The molecule has 1 rings (SSSR count). The third-order valence-corrected chi connectivity index (χ3v) is 3.02. The third-order valence-electron chi connectivity index (χ3n) is 3.02. The van der Waals surface area contributed by atoms with E-state index in [1.165, 1.54) is 0 Å². The van der Waals surface area contributed by atoms with E-state index in [9.17, 15) is 0 Å². The number of rotatable bonds is 6. The molecule has 4 heteroatoms. The van der Waals surface area contributed by atoms with Crippen molar-refractivity contribution >= 4 is 0 Å². The van der Waals surface area contributed by atoms with Crippen molar-refractivity contribution in [3.8, 4) is 0 Å². The van der Waals surface area contributed by atoms with Gasteiger partial charge in [-0.05, 0) is 31.2 Å². The highest BCUT2D eigenvalue weighted by atomic mass is 15.2. The van der Waals surface area contributed by atoms with E-state index in [1.807, 2.05) is 11.6 Å². The Hall–Kier alpha value is -0.900. The van der Waals surface area contributed by atoms with Crippen LogP contribution in [0.3, 0.4) is 0 Å². The zero-order chi connectivity index (χ0) is 11.3. The van der Waals surface area contributed by atoms with Gasteiger partial charge in [-0.25, -0.2) is 0 Å². The van der Waals surface area contributed by atoms with Crippen LogP contribution in [0, 0.1) is 11.8 Å². The van der Waals surface area contributed by atoms with Gasteiger partial charge < -0.3 is 10.3 Å². The van der Waals surface area contributed by atoms with Crippen molar-refractivity contribution in [3.05, 3.63) is 12.2 Å². The smallest absolute Gasteiger partial charge is 0.132 e. The number of nitrogens with zero attached hydrogens (tertiary/aromatic N) is 3. The van der Waals surface area contributed by atoms with Gasteiger partial charge in [0.2, 0.25) is 0 Å². The molecule has 1 atom stereocenters. The maximum atomic E-state index is 5.61. The van der Waals surface area contributed by atoms with E-state index in [0.29, 0.717) is 11.8 Å². The molecule has 1 aromatic rings. The van der Waals surface area contributed by atoms with Crippen LogP contribution >= 0.6 is 0 Å². The molecule has 86 valence electrons. The third kappa shape index (κ3) is 3.63. The molecule has 0 fully saturated rings. The van der Waals surface area contributed by atoms with Crippen LogP contribution in [0.5, 0.6) is 0 Å². The fraction of sp³-hybridized carbons (Fsp3) is 0.818. The Bertz CT molecular complexity index is 280. The van der Waals surface area contributed by atoms with E-state index in [0.717, 1.165) is 31.6 Å². The predicted molar refractivity (Wildman–Crippen MR) is 61.3 cm³/mol. The summed E-state index contributed by atoms with van der Waals surface area (Å²) in [5, 5.41) is 7.97. The zero-order valence-electron chi connectivity index (χ0n) is 9.98. The Morgan fingerprint density at radius 1 is 1.40 bits per heavy atom. The molecule has 4 nitrogen and oxygen atoms in total. The molecule has 2 N–H and O–H groups in total. The average Bonchev–Trinajstić information content (AvgIpc) is 2.58. The lowest BCUT2D eigenvalue weighted by atomic mass is 9.88. The highest BCUT2D eigenvalue weighted by Crippen LogP contribution is 2.20. The minimum absolute atomic E-state index is 0.696. The molecule has 0 spiro atoms. The number of aryl methyl sites for hydroxylation is 2. The van der Waals surface area contributed by atoms with Crippen LogP contribution in [-0.4, -0.2) is 21.3 Å². The second-order valence-electron chi connectivity index (χ2n) is 4.48. The van der Waals surface area contributed by atoms with Crippen LogP contribution in [0.4, 0.5) is 0 Å². The van der Waals surface area contributed by atoms with E-state index in [1.54, 1.807) is 6.33 Å². The molecule has 1 aromatic heterocycles. The summed E-state index contributed by atoms with van der Waals surface area (Å²) in [5.74, 6) is 2.46. The first-order chi connectivity index (χ1) is 7.15. The van der Waals surface area contributed by atoms with Gasteiger partial charge in [0.05, 0.1) is 0 Å². The summed E-state index contributed by atoms with van der Waals surface area (Å²) < 4.78 is 1.99. The molecule has 0 saturated heterocycles. The largest absolute Gasteiger partial charge is 0.330 e. The Balaban J connectivity index is 2.43. The molecule has 15 heavy (non-hydrogen) atoms. The van der Waals surface area contributed by atoms with Crippen molar-refractivity contribution in [2.75, 3.05) is 6.54 Å². The average molecular weight is 210 g/mol. The van der Waals surface area contributed by atoms with Gasteiger partial charge in [-0.3, -0.25) is 0 Å². The molecule has 0 aliphatic rings. The van der Waals surface area contributed by atoms with E-state index >= 15 is 0 Å². The van der Waals surface area contributed by atoms with Gasteiger partial charge in [-0.15, -0.1) is 10.2 Å². The Labute approximate surface area is 91.9 Å². The molecule has 0 radical (unpaired) electrons. The van der Waals surface area contributed by atoms with E-state index in [-0.39, 0.29) is 0 Å². The summed E-state index contributed by atoms with van der Waals surface area (Å²) in [4.78, 5) is 0.